The van der Waals surface area contributed by atoms with Crippen LogP contribution in [0.15, 0.2) is 47.6 Å². The van der Waals surface area contributed by atoms with Crippen LogP contribution in [0, 0.1) is 0 Å². The van der Waals surface area contributed by atoms with Crippen molar-refractivity contribution in [1.29, 1.82) is 0 Å². The van der Waals surface area contributed by atoms with Crippen LogP contribution in [0.1, 0.15) is 46.1 Å². The van der Waals surface area contributed by atoms with E-state index in [1.807, 2.05) is 0 Å². The number of benzene rings is 1. The molecule has 2 nitrogen and oxygen atoms in total. The normalized spacial score (nSPS) is 25.6. The number of rotatable bonds is 4. The first kappa shape index (κ1) is 15.4. The first-order valence-electron chi connectivity index (χ1n) is 8.41. The van der Waals surface area contributed by atoms with Crippen LogP contribution in [0.25, 0.3) is 0 Å². The molecule has 1 saturated heterocycles. The van der Waals surface area contributed by atoms with Crippen LogP contribution in [0.2, 0.25) is 0 Å². The molecular weight excluding hydrogens is 268 g/mol. The van der Waals surface area contributed by atoms with E-state index in [-0.39, 0.29) is 5.41 Å². The molecule has 0 radical (unpaired) electrons. The third-order valence-electron chi connectivity index (χ3n) is 5.06. The number of para-hydroxylation sites is 1. The SMILES string of the molecule is CC(C)=CCN1c2ccccc2[C@@]2(CC=C(C)C)CCN[C@@H]12. The zero-order valence-corrected chi connectivity index (χ0v) is 14.3. The predicted molar refractivity (Wildman–Crippen MR) is 95.4 cm³/mol. The van der Waals surface area contributed by atoms with Gasteiger partial charge in [0.25, 0.3) is 0 Å². The Morgan fingerprint density at radius 1 is 1.18 bits per heavy atom. The lowest BCUT2D eigenvalue weighted by Crippen LogP contribution is -2.47. The molecule has 2 aliphatic heterocycles. The van der Waals surface area contributed by atoms with Crippen molar-refractivity contribution in [2.24, 2.45) is 0 Å². The van der Waals surface area contributed by atoms with E-state index in [1.165, 1.54) is 28.8 Å². The van der Waals surface area contributed by atoms with Crippen molar-refractivity contribution in [3.8, 4) is 0 Å². The Labute approximate surface area is 134 Å². The first-order valence-corrected chi connectivity index (χ1v) is 8.41. The summed E-state index contributed by atoms with van der Waals surface area (Å²) in [5.74, 6) is 0. The van der Waals surface area contributed by atoms with Crippen molar-refractivity contribution < 1.29 is 0 Å². The summed E-state index contributed by atoms with van der Waals surface area (Å²) in [6, 6.07) is 9.00. The number of allylic oxidation sites excluding steroid dienone is 3. The zero-order chi connectivity index (χ0) is 15.7. The average Bonchev–Trinajstić information content (AvgIpc) is 2.99. The molecular formula is C20H28N2. The first-order chi connectivity index (χ1) is 10.5. The lowest BCUT2D eigenvalue weighted by molar-refractivity contribution is 0.391. The highest BCUT2D eigenvalue weighted by molar-refractivity contribution is 5.65. The van der Waals surface area contributed by atoms with Crippen LogP contribution in [0.4, 0.5) is 5.69 Å². The number of anilines is 1. The topological polar surface area (TPSA) is 15.3 Å². The van der Waals surface area contributed by atoms with Gasteiger partial charge in [-0.3, -0.25) is 5.32 Å². The molecule has 0 amide bonds. The maximum atomic E-state index is 3.77. The highest BCUT2D eigenvalue weighted by atomic mass is 15.3. The minimum atomic E-state index is 0.239. The fourth-order valence-electron chi connectivity index (χ4n) is 3.93. The minimum Gasteiger partial charge on any atom is -0.351 e. The molecule has 1 fully saturated rings. The Morgan fingerprint density at radius 2 is 1.91 bits per heavy atom. The summed E-state index contributed by atoms with van der Waals surface area (Å²) in [6.07, 6.45) is 7.55. The highest BCUT2D eigenvalue weighted by Gasteiger charge is 2.52. The Kier molecular flexibility index (Phi) is 4.14. The lowest BCUT2D eigenvalue weighted by atomic mass is 9.76. The molecule has 0 aromatic heterocycles. The number of hydrogen-bond donors (Lipinski definition) is 1. The summed E-state index contributed by atoms with van der Waals surface area (Å²) < 4.78 is 0. The smallest absolute Gasteiger partial charge is 0.0901 e. The molecule has 2 heteroatoms. The van der Waals surface area contributed by atoms with Gasteiger partial charge in [0, 0.05) is 17.6 Å². The Bertz CT molecular complexity index is 606. The van der Waals surface area contributed by atoms with Crippen molar-refractivity contribution in [2.45, 2.75) is 52.1 Å². The van der Waals surface area contributed by atoms with E-state index in [0.29, 0.717) is 6.17 Å². The minimum absolute atomic E-state index is 0.239. The van der Waals surface area contributed by atoms with Crippen molar-refractivity contribution in [2.75, 3.05) is 18.0 Å². The average molecular weight is 296 g/mol. The Morgan fingerprint density at radius 3 is 2.64 bits per heavy atom. The molecule has 118 valence electrons. The van der Waals surface area contributed by atoms with Crippen molar-refractivity contribution in [3.63, 3.8) is 0 Å². The van der Waals surface area contributed by atoms with E-state index >= 15 is 0 Å². The Hall–Kier alpha value is -1.54. The van der Waals surface area contributed by atoms with Gasteiger partial charge in [0.1, 0.15) is 0 Å². The van der Waals surface area contributed by atoms with E-state index in [9.17, 15) is 0 Å². The van der Waals surface area contributed by atoms with Crippen LogP contribution < -0.4 is 10.2 Å². The van der Waals surface area contributed by atoms with Crippen LogP contribution in [0.3, 0.4) is 0 Å². The van der Waals surface area contributed by atoms with Crippen LogP contribution in [-0.2, 0) is 5.41 Å². The van der Waals surface area contributed by atoms with E-state index < -0.39 is 0 Å². The van der Waals surface area contributed by atoms with Gasteiger partial charge in [-0.25, -0.2) is 0 Å². The van der Waals surface area contributed by atoms with Gasteiger partial charge in [-0.1, -0.05) is 41.5 Å². The van der Waals surface area contributed by atoms with Gasteiger partial charge in [0.15, 0.2) is 0 Å². The van der Waals surface area contributed by atoms with Crippen LogP contribution >= 0.6 is 0 Å². The molecule has 2 atom stereocenters. The highest BCUT2D eigenvalue weighted by Crippen LogP contribution is 2.51. The van der Waals surface area contributed by atoms with Gasteiger partial charge in [0.2, 0.25) is 0 Å². The van der Waals surface area contributed by atoms with E-state index in [0.717, 1.165) is 19.5 Å². The summed E-state index contributed by atoms with van der Waals surface area (Å²) >= 11 is 0. The summed E-state index contributed by atoms with van der Waals surface area (Å²) in [6.45, 7) is 10.9. The molecule has 0 spiro atoms. The Balaban J connectivity index is 2.03. The quantitative estimate of drug-likeness (QED) is 0.829. The summed E-state index contributed by atoms with van der Waals surface area (Å²) in [7, 11) is 0. The van der Waals surface area contributed by atoms with Crippen LogP contribution in [0.5, 0.6) is 0 Å². The number of fused-ring (bicyclic) bond motifs is 3. The lowest BCUT2D eigenvalue weighted by Gasteiger charge is -2.33. The number of hydrogen-bond acceptors (Lipinski definition) is 2. The van der Waals surface area contributed by atoms with Crippen molar-refractivity contribution in [1.82, 2.24) is 5.32 Å². The monoisotopic (exact) mass is 296 g/mol. The third-order valence-corrected chi connectivity index (χ3v) is 5.06. The molecule has 22 heavy (non-hydrogen) atoms. The largest absolute Gasteiger partial charge is 0.351 e. The fraction of sp³-hybridized carbons (Fsp3) is 0.500. The van der Waals surface area contributed by atoms with Crippen LogP contribution in [-0.4, -0.2) is 19.3 Å². The van der Waals surface area contributed by atoms with Gasteiger partial charge in [0.05, 0.1) is 6.17 Å². The van der Waals surface area contributed by atoms with Gasteiger partial charge >= 0.3 is 0 Å². The maximum Gasteiger partial charge on any atom is 0.0901 e. The predicted octanol–water partition coefficient (Wildman–Crippen LogP) is 4.39. The third kappa shape index (κ3) is 2.50. The van der Waals surface area contributed by atoms with Crippen molar-refractivity contribution in [3.05, 3.63) is 53.1 Å². The summed E-state index contributed by atoms with van der Waals surface area (Å²) in [5, 5.41) is 3.77. The molecule has 0 bridgehead atoms. The maximum absolute atomic E-state index is 3.77. The summed E-state index contributed by atoms with van der Waals surface area (Å²) in [4.78, 5) is 2.56. The second kappa shape index (κ2) is 5.92. The zero-order valence-electron chi connectivity index (χ0n) is 14.3. The molecule has 1 N–H and O–H groups in total. The van der Waals surface area contributed by atoms with Gasteiger partial charge < -0.3 is 4.90 Å². The van der Waals surface area contributed by atoms with Gasteiger partial charge in [-0.15, -0.1) is 0 Å². The molecule has 2 heterocycles. The molecule has 3 rings (SSSR count). The molecule has 1 aromatic carbocycles. The van der Waals surface area contributed by atoms with E-state index in [4.69, 9.17) is 0 Å². The van der Waals surface area contributed by atoms with E-state index in [2.05, 4.69) is 74.3 Å². The molecule has 0 aliphatic carbocycles. The van der Waals surface area contributed by atoms with Gasteiger partial charge in [-0.2, -0.15) is 0 Å². The molecule has 0 unspecified atom stereocenters. The number of nitrogens with zero attached hydrogens (tertiary/aromatic N) is 1. The summed E-state index contributed by atoms with van der Waals surface area (Å²) in [5.41, 5.74) is 5.99. The second-order valence-corrected chi connectivity index (χ2v) is 7.20. The number of nitrogens with one attached hydrogen (secondary N) is 1. The molecule has 0 saturated carbocycles. The standard InChI is InChI=1S/C20H28N2/c1-15(2)9-11-20-12-13-21-19(20)22(14-10-16(3)4)18-8-6-5-7-17(18)20/h5-10,19,21H,11-14H2,1-4H3/t19-,20+/m0/s1. The second-order valence-electron chi connectivity index (χ2n) is 7.20. The molecule has 1 aromatic rings. The van der Waals surface area contributed by atoms with Crippen molar-refractivity contribution >= 4 is 5.69 Å². The van der Waals surface area contributed by atoms with E-state index in [1.54, 1.807) is 0 Å². The van der Waals surface area contributed by atoms with Gasteiger partial charge in [-0.05, 0) is 58.7 Å². The molecule has 2 aliphatic rings. The fourth-order valence-corrected chi connectivity index (χ4v) is 3.93.